The summed E-state index contributed by atoms with van der Waals surface area (Å²) in [5.41, 5.74) is 0. The predicted molar refractivity (Wildman–Crippen MR) is 101 cm³/mol. The SMILES string of the molecule is [B][C@H]1C[C@@H](CC)[C@@H](COP(=O)(CP(=O)(O)SCC)SCC)C1. The highest BCUT2D eigenvalue weighted by molar-refractivity contribution is 8.63. The van der Waals surface area contributed by atoms with Crippen molar-refractivity contribution in [2.24, 2.45) is 11.8 Å². The molecule has 0 heterocycles. The molecule has 0 saturated heterocycles. The molecule has 22 heavy (non-hydrogen) atoms. The second-order valence-corrected chi connectivity index (χ2v) is 16.2. The van der Waals surface area contributed by atoms with Crippen LogP contribution in [0.25, 0.3) is 0 Å². The number of rotatable bonds is 10. The van der Waals surface area contributed by atoms with Gasteiger partial charge in [0.2, 0.25) is 0 Å². The van der Waals surface area contributed by atoms with E-state index in [1.54, 1.807) is 0 Å². The molecule has 1 aliphatic rings. The largest absolute Gasteiger partial charge is 0.336 e. The molecule has 1 fully saturated rings. The van der Waals surface area contributed by atoms with Crippen molar-refractivity contribution in [1.29, 1.82) is 0 Å². The maximum absolute atomic E-state index is 12.9. The first kappa shape index (κ1) is 21.2. The monoisotopic (exact) mass is 384 g/mol. The summed E-state index contributed by atoms with van der Waals surface area (Å²) in [5, 5.41) is 0. The molecule has 0 aromatic carbocycles. The van der Waals surface area contributed by atoms with E-state index < -0.39 is 13.1 Å². The molecule has 1 N–H and O–H groups in total. The van der Waals surface area contributed by atoms with Crippen LogP contribution in [0.3, 0.4) is 0 Å². The van der Waals surface area contributed by atoms with Crippen LogP contribution in [0, 0.1) is 11.8 Å². The fourth-order valence-corrected chi connectivity index (χ4v) is 14.7. The molecule has 1 aliphatic carbocycles. The van der Waals surface area contributed by atoms with Gasteiger partial charge in [-0.1, -0.05) is 68.6 Å². The van der Waals surface area contributed by atoms with E-state index in [1.807, 2.05) is 13.8 Å². The van der Waals surface area contributed by atoms with Gasteiger partial charge < -0.3 is 9.42 Å². The third-order valence-electron chi connectivity index (χ3n) is 3.90. The Morgan fingerprint density at radius 2 is 1.73 bits per heavy atom. The minimum Gasteiger partial charge on any atom is -0.336 e. The van der Waals surface area contributed by atoms with Crippen LogP contribution in [0.15, 0.2) is 0 Å². The standard InChI is InChI=1S/C13H27BO4P2S2/c1-4-11-7-13(14)8-12(11)9-18-20(17,22-6-3)10-19(15,16)21-5-2/h11-13H,4-10H2,1-3H3,(H,15,16)/t11-,12-,13+,20?/m1/s1. The molecule has 0 aliphatic heterocycles. The van der Waals surface area contributed by atoms with Gasteiger partial charge in [0.15, 0.2) is 0 Å². The van der Waals surface area contributed by atoms with E-state index in [-0.39, 0.29) is 11.7 Å². The Hall–Kier alpha value is 1.14. The van der Waals surface area contributed by atoms with E-state index >= 15 is 0 Å². The molecule has 1 saturated carbocycles. The van der Waals surface area contributed by atoms with E-state index in [0.29, 0.717) is 29.9 Å². The molecule has 1 rings (SSSR count). The fraction of sp³-hybridized carbons (Fsp3) is 1.00. The first-order valence-electron chi connectivity index (χ1n) is 7.85. The first-order chi connectivity index (χ1) is 10.2. The van der Waals surface area contributed by atoms with Crippen molar-refractivity contribution in [2.75, 3.05) is 24.0 Å². The summed E-state index contributed by atoms with van der Waals surface area (Å²) in [7, 11) is 6.01. The van der Waals surface area contributed by atoms with Crippen LogP contribution in [0.1, 0.15) is 40.0 Å². The van der Waals surface area contributed by atoms with Gasteiger partial charge in [0.25, 0.3) is 13.1 Å². The van der Waals surface area contributed by atoms with Crippen LogP contribution >= 0.6 is 35.9 Å². The zero-order chi connectivity index (χ0) is 16.8. The van der Waals surface area contributed by atoms with E-state index in [4.69, 9.17) is 12.4 Å². The molecule has 0 aromatic heterocycles. The summed E-state index contributed by atoms with van der Waals surface area (Å²) >= 11 is 2.16. The van der Waals surface area contributed by atoms with Gasteiger partial charge in [0.1, 0.15) is 5.90 Å². The summed E-state index contributed by atoms with van der Waals surface area (Å²) in [6.45, 7) is -0.374. The molecule has 0 bridgehead atoms. The topological polar surface area (TPSA) is 63.6 Å². The van der Waals surface area contributed by atoms with Crippen LogP contribution in [0.2, 0.25) is 5.82 Å². The first-order valence-corrected chi connectivity index (χ1v) is 14.7. The minimum absolute atomic E-state index is 0.191. The van der Waals surface area contributed by atoms with Crippen molar-refractivity contribution in [1.82, 2.24) is 0 Å². The van der Waals surface area contributed by atoms with Crippen LogP contribution in [-0.4, -0.2) is 36.8 Å². The summed E-state index contributed by atoms with van der Waals surface area (Å²) in [5.74, 6) is 1.89. The highest BCUT2D eigenvalue weighted by Gasteiger charge is 2.37. The highest BCUT2D eigenvalue weighted by atomic mass is 32.7. The molecule has 0 spiro atoms. The average Bonchev–Trinajstić information content (AvgIpc) is 2.76. The Bertz CT molecular complexity index is 438. The van der Waals surface area contributed by atoms with Gasteiger partial charge in [-0.05, 0) is 23.3 Å². The summed E-state index contributed by atoms with van der Waals surface area (Å²) in [4.78, 5) is 9.94. The molecule has 0 amide bonds. The van der Waals surface area contributed by atoms with Gasteiger partial charge in [-0.3, -0.25) is 9.13 Å². The summed E-state index contributed by atoms with van der Waals surface area (Å²) in [6, 6.07) is 0. The van der Waals surface area contributed by atoms with Crippen molar-refractivity contribution < 1.29 is 18.5 Å². The second-order valence-electron chi connectivity index (χ2n) is 5.68. The molecule has 9 heteroatoms. The van der Waals surface area contributed by atoms with Gasteiger partial charge >= 0.3 is 0 Å². The van der Waals surface area contributed by atoms with E-state index in [9.17, 15) is 14.0 Å². The van der Waals surface area contributed by atoms with Gasteiger partial charge in [-0.25, -0.2) is 0 Å². The molecular weight excluding hydrogens is 357 g/mol. The maximum Gasteiger partial charge on any atom is 0.268 e. The highest BCUT2D eigenvalue weighted by Crippen LogP contribution is 2.72. The smallest absolute Gasteiger partial charge is 0.268 e. The molecule has 0 aromatic rings. The lowest BCUT2D eigenvalue weighted by Crippen LogP contribution is -2.13. The van der Waals surface area contributed by atoms with Crippen LogP contribution in [0.5, 0.6) is 0 Å². The quantitative estimate of drug-likeness (QED) is 0.411. The lowest BCUT2D eigenvalue weighted by atomic mass is 9.85. The van der Waals surface area contributed by atoms with E-state index in [2.05, 4.69) is 6.92 Å². The molecule has 2 unspecified atom stereocenters. The Morgan fingerprint density at radius 1 is 1.14 bits per heavy atom. The molecular formula is C13H27BO4P2S2. The Balaban J connectivity index is 2.67. The lowest BCUT2D eigenvalue weighted by molar-refractivity contribution is 0.219. The Morgan fingerprint density at radius 3 is 2.27 bits per heavy atom. The fourth-order valence-electron chi connectivity index (χ4n) is 2.95. The third-order valence-corrected chi connectivity index (χ3v) is 14.9. The molecule has 5 atom stereocenters. The number of hydrogen-bond acceptors (Lipinski definition) is 5. The lowest BCUT2D eigenvalue weighted by Gasteiger charge is -2.24. The van der Waals surface area contributed by atoms with Gasteiger partial charge in [0, 0.05) is 0 Å². The third kappa shape index (κ3) is 6.95. The van der Waals surface area contributed by atoms with Crippen LogP contribution in [0.4, 0.5) is 0 Å². The van der Waals surface area contributed by atoms with Crippen molar-refractivity contribution >= 4 is 43.8 Å². The second kappa shape index (κ2) is 9.58. The van der Waals surface area contributed by atoms with E-state index in [0.717, 1.165) is 30.6 Å². The summed E-state index contributed by atoms with van der Waals surface area (Å²) < 4.78 is 30.7. The minimum atomic E-state index is -3.46. The zero-order valence-electron chi connectivity index (χ0n) is 13.6. The van der Waals surface area contributed by atoms with Crippen molar-refractivity contribution in [3.05, 3.63) is 0 Å². The Labute approximate surface area is 144 Å². The normalized spacial score (nSPS) is 30.8. The van der Waals surface area contributed by atoms with Crippen LogP contribution < -0.4 is 0 Å². The number of hydrogen-bond donors (Lipinski definition) is 1. The molecule has 2 radical (unpaired) electrons. The average molecular weight is 384 g/mol. The molecule has 128 valence electrons. The van der Waals surface area contributed by atoms with Gasteiger partial charge in [0.05, 0.1) is 14.5 Å². The van der Waals surface area contributed by atoms with E-state index in [1.165, 1.54) is 11.4 Å². The van der Waals surface area contributed by atoms with Crippen LogP contribution in [-0.2, 0) is 13.7 Å². The van der Waals surface area contributed by atoms with Crippen molar-refractivity contribution in [3.8, 4) is 0 Å². The zero-order valence-corrected chi connectivity index (χ0v) is 17.1. The predicted octanol–water partition coefficient (Wildman–Crippen LogP) is 5.24. The molecule has 4 nitrogen and oxygen atoms in total. The Kier molecular flexibility index (Phi) is 9.23. The van der Waals surface area contributed by atoms with Crippen molar-refractivity contribution in [3.63, 3.8) is 0 Å². The van der Waals surface area contributed by atoms with Gasteiger partial charge in [-0.15, -0.1) is 0 Å². The van der Waals surface area contributed by atoms with Gasteiger partial charge in [-0.2, -0.15) is 0 Å². The van der Waals surface area contributed by atoms with Crippen molar-refractivity contribution in [2.45, 2.75) is 45.9 Å². The summed E-state index contributed by atoms with van der Waals surface area (Å²) in [6.07, 6.45) is 2.91. The maximum atomic E-state index is 12.9.